The minimum Gasteiger partial charge on any atom is -0.456 e. The van der Waals surface area contributed by atoms with E-state index in [-0.39, 0.29) is 0 Å². The van der Waals surface area contributed by atoms with Crippen molar-refractivity contribution in [3.8, 4) is 5.69 Å². The number of aromatic nitrogens is 1. The Labute approximate surface area is 302 Å². The molecule has 0 atom stereocenters. The molecule has 4 heteroatoms. The first-order valence-electron chi connectivity index (χ1n) is 17.9. The van der Waals surface area contributed by atoms with Crippen molar-refractivity contribution in [1.82, 2.24) is 4.57 Å². The number of benzene rings is 8. The Morgan fingerprint density at radius 2 is 0.885 bits per heavy atom. The van der Waals surface area contributed by atoms with Gasteiger partial charge in [0.05, 0.1) is 11.0 Å². The van der Waals surface area contributed by atoms with Crippen LogP contribution >= 0.6 is 0 Å². The fourth-order valence-electron chi connectivity index (χ4n) is 8.92. The van der Waals surface area contributed by atoms with Crippen LogP contribution < -0.4 is 25.6 Å². The summed E-state index contributed by atoms with van der Waals surface area (Å²) in [6.45, 7) is 0. The first kappa shape index (κ1) is 29.1. The Morgan fingerprint density at radius 3 is 1.54 bits per heavy atom. The number of para-hydroxylation sites is 5. The first-order valence-corrected chi connectivity index (χ1v) is 19.9. The van der Waals surface area contributed by atoms with E-state index < -0.39 is 8.07 Å². The molecule has 10 aromatic rings. The van der Waals surface area contributed by atoms with E-state index in [0.29, 0.717) is 0 Å². The van der Waals surface area contributed by atoms with Gasteiger partial charge >= 0.3 is 0 Å². The lowest BCUT2D eigenvalue weighted by Crippen LogP contribution is -2.77. The second kappa shape index (κ2) is 11.2. The lowest BCUT2D eigenvalue weighted by molar-refractivity contribution is 0.669. The number of hydrogen-bond donors (Lipinski definition) is 0. The first-order chi connectivity index (χ1) is 25.8. The molecule has 0 N–H and O–H groups in total. The number of anilines is 3. The smallest absolute Gasteiger partial charge is 0.184 e. The van der Waals surface area contributed by atoms with Crippen molar-refractivity contribution in [1.29, 1.82) is 0 Å². The van der Waals surface area contributed by atoms with E-state index in [9.17, 15) is 0 Å². The fourth-order valence-corrected chi connectivity index (χ4v) is 14.0. The topological polar surface area (TPSA) is 21.3 Å². The SMILES string of the molecule is c1ccc(N2c3ccccc3[Si](c3ccccc3)(c3ccc4oc5ccc(-n6c7ccccc7c7ccccc76)cc5c4c3)c3ccccc32)cc1. The van der Waals surface area contributed by atoms with Crippen molar-refractivity contribution >= 4 is 89.6 Å². The van der Waals surface area contributed by atoms with Crippen molar-refractivity contribution < 1.29 is 4.42 Å². The molecule has 244 valence electrons. The molecule has 0 saturated carbocycles. The van der Waals surface area contributed by atoms with Crippen LogP contribution in [0.2, 0.25) is 0 Å². The molecule has 0 radical (unpaired) electrons. The van der Waals surface area contributed by atoms with Crippen molar-refractivity contribution in [3.05, 3.63) is 194 Å². The van der Waals surface area contributed by atoms with Gasteiger partial charge in [-0.3, -0.25) is 0 Å². The Balaban J connectivity index is 1.20. The van der Waals surface area contributed by atoms with Crippen molar-refractivity contribution in [2.45, 2.75) is 0 Å². The zero-order valence-electron chi connectivity index (χ0n) is 28.3. The molecule has 0 unspecified atom stereocenters. The third kappa shape index (κ3) is 4.01. The van der Waals surface area contributed by atoms with Gasteiger partial charge in [0, 0.05) is 44.3 Å². The molecule has 0 bridgehead atoms. The van der Waals surface area contributed by atoms with Crippen LogP contribution in [0.1, 0.15) is 0 Å². The van der Waals surface area contributed by atoms with Crippen LogP contribution in [0.4, 0.5) is 17.1 Å². The number of nitrogens with zero attached hydrogens (tertiary/aromatic N) is 2. The van der Waals surface area contributed by atoms with Gasteiger partial charge in [0.25, 0.3) is 0 Å². The lowest BCUT2D eigenvalue weighted by atomic mass is 10.1. The molecule has 0 spiro atoms. The van der Waals surface area contributed by atoms with Gasteiger partial charge in [0.2, 0.25) is 0 Å². The van der Waals surface area contributed by atoms with E-state index in [0.717, 1.165) is 33.3 Å². The third-order valence-electron chi connectivity index (χ3n) is 11.0. The molecule has 8 aromatic carbocycles. The monoisotopic (exact) mass is 680 g/mol. The normalized spacial score (nSPS) is 13.5. The summed E-state index contributed by atoms with van der Waals surface area (Å²) in [5.74, 6) is 0. The van der Waals surface area contributed by atoms with E-state index in [1.807, 2.05) is 0 Å². The van der Waals surface area contributed by atoms with Gasteiger partial charge in [0.15, 0.2) is 8.07 Å². The van der Waals surface area contributed by atoms with Crippen LogP contribution in [0.25, 0.3) is 49.4 Å². The molecular formula is C48H32N2OSi. The van der Waals surface area contributed by atoms with Gasteiger partial charge in [-0.15, -0.1) is 0 Å². The minimum absolute atomic E-state index is 0.895. The Hall–Kier alpha value is -6.62. The zero-order valence-corrected chi connectivity index (χ0v) is 29.3. The molecule has 0 aliphatic carbocycles. The summed E-state index contributed by atoms with van der Waals surface area (Å²) in [5, 5.41) is 10.2. The van der Waals surface area contributed by atoms with Crippen LogP contribution in [-0.4, -0.2) is 12.6 Å². The highest BCUT2D eigenvalue weighted by molar-refractivity contribution is 7.21. The molecule has 1 aliphatic rings. The van der Waals surface area contributed by atoms with E-state index in [4.69, 9.17) is 4.42 Å². The quantitative estimate of drug-likeness (QED) is 0.173. The minimum atomic E-state index is -2.86. The van der Waals surface area contributed by atoms with Gasteiger partial charge in [-0.05, 0) is 81.4 Å². The molecule has 2 aromatic heterocycles. The van der Waals surface area contributed by atoms with Crippen LogP contribution in [0.15, 0.2) is 199 Å². The summed E-state index contributed by atoms with van der Waals surface area (Å²) in [4.78, 5) is 2.45. The highest BCUT2D eigenvalue weighted by atomic mass is 28.3. The van der Waals surface area contributed by atoms with E-state index in [2.05, 4.69) is 204 Å². The van der Waals surface area contributed by atoms with Crippen molar-refractivity contribution in [2.75, 3.05) is 4.90 Å². The van der Waals surface area contributed by atoms with E-state index in [1.165, 1.54) is 53.9 Å². The van der Waals surface area contributed by atoms with E-state index in [1.54, 1.807) is 0 Å². The molecular weight excluding hydrogens is 649 g/mol. The molecule has 0 fully saturated rings. The summed E-state index contributed by atoms with van der Waals surface area (Å²) < 4.78 is 8.98. The van der Waals surface area contributed by atoms with Crippen LogP contribution in [0, 0.1) is 0 Å². The number of fused-ring (bicyclic) bond motifs is 8. The Morgan fingerprint density at radius 1 is 0.365 bits per heavy atom. The predicted octanol–water partition coefficient (Wildman–Crippen LogP) is 9.84. The average molecular weight is 681 g/mol. The van der Waals surface area contributed by atoms with Crippen LogP contribution in [-0.2, 0) is 0 Å². The number of rotatable bonds is 4. The molecule has 0 amide bonds. The van der Waals surface area contributed by atoms with Gasteiger partial charge in [-0.1, -0.05) is 133 Å². The van der Waals surface area contributed by atoms with Gasteiger partial charge in [-0.2, -0.15) is 0 Å². The molecule has 1 aliphatic heterocycles. The standard InChI is InChI=1S/C48H32N2OSi/c1-3-15-33(16-4-1)49-43-23-11-13-25-47(43)52(35-17-5-2-6-18-35,48-26-14-12-24-44(48)49)36-28-30-46-40(32-36)39-31-34(27-29-45(39)51-46)50-41-21-9-7-19-37(41)38-20-8-10-22-42(38)50/h1-32H. The summed E-state index contributed by atoms with van der Waals surface area (Å²) in [5.41, 5.74) is 8.94. The second-order valence-electron chi connectivity index (χ2n) is 13.7. The maximum absolute atomic E-state index is 6.59. The molecule has 3 nitrogen and oxygen atoms in total. The van der Waals surface area contributed by atoms with Gasteiger partial charge < -0.3 is 13.9 Å². The molecule has 52 heavy (non-hydrogen) atoms. The van der Waals surface area contributed by atoms with Gasteiger partial charge in [0.1, 0.15) is 11.2 Å². The highest BCUT2D eigenvalue weighted by Gasteiger charge is 2.48. The van der Waals surface area contributed by atoms with E-state index >= 15 is 0 Å². The largest absolute Gasteiger partial charge is 0.456 e. The maximum Gasteiger partial charge on any atom is 0.184 e. The maximum atomic E-state index is 6.59. The highest BCUT2D eigenvalue weighted by Crippen LogP contribution is 2.39. The number of furan rings is 1. The number of hydrogen-bond acceptors (Lipinski definition) is 2. The third-order valence-corrected chi connectivity index (χ3v) is 15.9. The van der Waals surface area contributed by atoms with Crippen LogP contribution in [0.3, 0.4) is 0 Å². The summed E-state index contributed by atoms with van der Waals surface area (Å²) in [7, 11) is -2.86. The molecule has 11 rings (SSSR count). The van der Waals surface area contributed by atoms with Crippen molar-refractivity contribution in [3.63, 3.8) is 0 Å². The average Bonchev–Trinajstić information content (AvgIpc) is 3.75. The zero-order chi connectivity index (χ0) is 34.2. The van der Waals surface area contributed by atoms with Crippen molar-refractivity contribution in [2.24, 2.45) is 0 Å². The Kier molecular flexibility index (Phi) is 6.27. The second-order valence-corrected chi connectivity index (χ2v) is 17.4. The summed E-state index contributed by atoms with van der Waals surface area (Å²) >= 11 is 0. The molecule has 3 heterocycles. The predicted molar refractivity (Wildman–Crippen MR) is 220 cm³/mol. The molecule has 0 saturated heterocycles. The lowest BCUT2D eigenvalue weighted by Gasteiger charge is -2.45. The summed E-state index contributed by atoms with van der Waals surface area (Å²) in [6.07, 6.45) is 0. The van der Waals surface area contributed by atoms with Gasteiger partial charge in [-0.25, -0.2) is 0 Å². The van der Waals surface area contributed by atoms with Crippen LogP contribution in [0.5, 0.6) is 0 Å². The summed E-state index contributed by atoms with van der Waals surface area (Å²) in [6, 6.07) is 71.1. The fraction of sp³-hybridized carbons (Fsp3) is 0. The Bertz CT molecular complexity index is 2880.